The van der Waals surface area contributed by atoms with Crippen LogP contribution in [-0.4, -0.2) is 35.5 Å². The van der Waals surface area contributed by atoms with E-state index in [0.29, 0.717) is 17.9 Å². The van der Waals surface area contributed by atoms with Crippen molar-refractivity contribution in [1.82, 2.24) is 0 Å². The van der Waals surface area contributed by atoms with Crippen molar-refractivity contribution in [2.75, 3.05) is 12.4 Å². The number of benzene rings is 1. The van der Waals surface area contributed by atoms with Crippen molar-refractivity contribution in [1.29, 1.82) is 0 Å². The van der Waals surface area contributed by atoms with Gasteiger partial charge in [0.1, 0.15) is 5.82 Å². The number of carbonyl (C=O) groups is 1. The van der Waals surface area contributed by atoms with Crippen molar-refractivity contribution in [3.8, 4) is 0 Å². The molecular weight excluding hydrogens is 378 g/mol. The lowest BCUT2D eigenvalue weighted by molar-refractivity contribution is -0.137. The molecule has 0 fully saturated rings. The minimum Gasteiger partial charge on any atom is -0.463 e. The largest absolute Gasteiger partial charge is 0.488 e. The smallest absolute Gasteiger partial charge is 0.463 e. The molecule has 0 spiro atoms. The second-order valence-corrected chi connectivity index (χ2v) is 7.94. The first-order chi connectivity index (χ1) is 13.5. The molecule has 0 atom stereocenters. The number of ether oxygens (including phenoxy) is 1. The highest BCUT2D eigenvalue weighted by atomic mass is 32.2. The van der Waals surface area contributed by atoms with Gasteiger partial charge in [-0.05, 0) is 35.7 Å². The highest BCUT2D eigenvalue weighted by Gasteiger charge is 2.13. The van der Waals surface area contributed by atoms with Crippen molar-refractivity contribution in [3.63, 3.8) is 0 Å². The SMILES string of the molecule is C=CC(=O)OCCCCCCCCCCCSCc1ccc(B(O)O)cc1F. The van der Waals surface area contributed by atoms with Crippen LogP contribution in [0.5, 0.6) is 0 Å². The monoisotopic (exact) mass is 410 g/mol. The molecule has 0 aliphatic heterocycles. The van der Waals surface area contributed by atoms with Crippen LogP contribution >= 0.6 is 11.8 Å². The van der Waals surface area contributed by atoms with Gasteiger partial charge in [-0.2, -0.15) is 11.8 Å². The molecule has 28 heavy (non-hydrogen) atoms. The zero-order valence-corrected chi connectivity index (χ0v) is 17.4. The maximum Gasteiger partial charge on any atom is 0.488 e. The summed E-state index contributed by atoms with van der Waals surface area (Å²) in [7, 11) is -1.63. The normalized spacial score (nSPS) is 10.7. The van der Waals surface area contributed by atoms with Crippen molar-refractivity contribution >= 4 is 30.3 Å². The third-order valence-corrected chi connectivity index (χ3v) is 5.57. The molecular formula is C21H32BFO4S. The Morgan fingerprint density at radius 1 is 1.07 bits per heavy atom. The molecule has 7 heteroatoms. The van der Waals surface area contributed by atoms with E-state index in [9.17, 15) is 9.18 Å². The fourth-order valence-corrected chi connectivity index (χ4v) is 3.81. The maximum absolute atomic E-state index is 13.8. The predicted octanol–water partition coefficient (Wildman–Crippen LogP) is 3.98. The third-order valence-electron chi connectivity index (χ3n) is 4.48. The lowest BCUT2D eigenvalue weighted by Gasteiger charge is -2.06. The van der Waals surface area contributed by atoms with Gasteiger partial charge in [-0.1, -0.05) is 63.7 Å². The molecule has 0 aromatic heterocycles. The van der Waals surface area contributed by atoms with Crippen LogP contribution in [0, 0.1) is 5.82 Å². The fraction of sp³-hybridized carbons (Fsp3) is 0.571. The minimum absolute atomic E-state index is 0.183. The lowest BCUT2D eigenvalue weighted by atomic mass is 9.80. The fourth-order valence-electron chi connectivity index (χ4n) is 2.80. The number of unbranched alkanes of at least 4 members (excludes halogenated alkanes) is 8. The topological polar surface area (TPSA) is 66.8 Å². The van der Waals surface area contributed by atoms with Gasteiger partial charge in [0.05, 0.1) is 6.61 Å². The van der Waals surface area contributed by atoms with E-state index in [0.717, 1.165) is 25.0 Å². The Bertz CT molecular complexity index is 584. The summed E-state index contributed by atoms with van der Waals surface area (Å²) in [5, 5.41) is 18.1. The summed E-state index contributed by atoms with van der Waals surface area (Å²) in [6.45, 7) is 3.85. The van der Waals surface area contributed by atoms with E-state index in [1.807, 2.05) is 0 Å². The Morgan fingerprint density at radius 2 is 1.68 bits per heavy atom. The van der Waals surface area contributed by atoms with Crippen LogP contribution in [0.3, 0.4) is 0 Å². The zero-order chi connectivity index (χ0) is 20.6. The van der Waals surface area contributed by atoms with Crippen LogP contribution in [0.25, 0.3) is 0 Å². The van der Waals surface area contributed by atoms with Gasteiger partial charge in [-0.25, -0.2) is 9.18 Å². The Balaban J connectivity index is 1.90. The standard InChI is InChI=1S/C21H32BFO4S/c1-2-21(24)27-14-10-8-6-4-3-5-7-9-11-15-28-17-18-12-13-19(22(25)26)16-20(18)23/h2,12-13,16,25-26H,1,3-11,14-15,17H2. The van der Waals surface area contributed by atoms with Crippen LogP contribution in [0.2, 0.25) is 0 Å². The Kier molecular flexibility index (Phi) is 13.8. The summed E-state index contributed by atoms with van der Waals surface area (Å²) in [6.07, 6.45) is 11.7. The molecule has 1 aromatic carbocycles. The number of esters is 1. The van der Waals surface area contributed by atoms with Crippen LogP contribution in [0.15, 0.2) is 30.9 Å². The van der Waals surface area contributed by atoms with Gasteiger partial charge >= 0.3 is 13.1 Å². The summed E-state index contributed by atoms with van der Waals surface area (Å²) < 4.78 is 18.8. The number of thioether (sulfide) groups is 1. The molecule has 0 radical (unpaired) electrons. The van der Waals surface area contributed by atoms with Gasteiger partial charge in [0.2, 0.25) is 0 Å². The van der Waals surface area contributed by atoms with Crippen LogP contribution in [0.4, 0.5) is 4.39 Å². The first-order valence-electron chi connectivity index (χ1n) is 10.1. The van der Waals surface area contributed by atoms with E-state index in [2.05, 4.69) is 6.58 Å². The van der Waals surface area contributed by atoms with Gasteiger partial charge in [-0.3, -0.25) is 0 Å². The van der Waals surface area contributed by atoms with E-state index in [1.54, 1.807) is 23.9 Å². The molecule has 0 unspecified atom stereocenters. The highest BCUT2D eigenvalue weighted by Crippen LogP contribution is 2.17. The molecule has 0 aliphatic rings. The van der Waals surface area contributed by atoms with Crippen LogP contribution in [-0.2, 0) is 15.3 Å². The van der Waals surface area contributed by atoms with Crippen LogP contribution < -0.4 is 5.46 Å². The summed E-state index contributed by atoms with van der Waals surface area (Å²) >= 11 is 1.71. The Morgan fingerprint density at radius 3 is 2.25 bits per heavy atom. The highest BCUT2D eigenvalue weighted by molar-refractivity contribution is 7.98. The second-order valence-electron chi connectivity index (χ2n) is 6.83. The zero-order valence-electron chi connectivity index (χ0n) is 16.6. The average molecular weight is 410 g/mol. The van der Waals surface area contributed by atoms with Gasteiger partial charge < -0.3 is 14.8 Å². The molecule has 0 bridgehead atoms. The molecule has 1 aromatic rings. The molecule has 0 amide bonds. The number of rotatable bonds is 16. The van der Waals surface area contributed by atoms with Crippen LogP contribution in [0.1, 0.15) is 63.4 Å². The summed E-state index contributed by atoms with van der Waals surface area (Å²) in [5.41, 5.74) is 0.788. The van der Waals surface area contributed by atoms with Crippen molar-refractivity contribution < 1.29 is 24.0 Å². The molecule has 0 saturated carbocycles. The van der Waals surface area contributed by atoms with E-state index >= 15 is 0 Å². The lowest BCUT2D eigenvalue weighted by Crippen LogP contribution is -2.30. The first kappa shape index (κ1) is 24.7. The number of halogens is 1. The summed E-state index contributed by atoms with van der Waals surface area (Å²) in [5.74, 6) is 0.892. The average Bonchev–Trinajstić information content (AvgIpc) is 2.68. The minimum atomic E-state index is -1.63. The molecule has 0 aliphatic carbocycles. The van der Waals surface area contributed by atoms with E-state index < -0.39 is 7.12 Å². The quantitative estimate of drug-likeness (QED) is 0.187. The van der Waals surface area contributed by atoms with Gasteiger partial charge in [-0.15, -0.1) is 0 Å². The summed E-state index contributed by atoms with van der Waals surface area (Å²) in [4.78, 5) is 10.9. The number of hydrogen-bond donors (Lipinski definition) is 2. The van der Waals surface area contributed by atoms with E-state index in [1.165, 1.54) is 50.7 Å². The number of carbonyl (C=O) groups excluding carboxylic acids is 1. The van der Waals surface area contributed by atoms with Crippen molar-refractivity contribution in [2.45, 2.75) is 63.5 Å². The van der Waals surface area contributed by atoms with Crippen molar-refractivity contribution in [2.24, 2.45) is 0 Å². The van der Waals surface area contributed by atoms with Gasteiger partial charge in [0, 0.05) is 11.8 Å². The molecule has 4 nitrogen and oxygen atoms in total. The Hall–Kier alpha value is -1.31. The van der Waals surface area contributed by atoms with Gasteiger partial charge in [0.25, 0.3) is 0 Å². The maximum atomic E-state index is 13.8. The molecule has 0 saturated heterocycles. The third kappa shape index (κ3) is 11.5. The second kappa shape index (κ2) is 15.6. The molecule has 0 heterocycles. The van der Waals surface area contributed by atoms with E-state index in [4.69, 9.17) is 14.8 Å². The van der Waals surface area contributed by atoms with Gasteiger partial charge in [0.15, 0.2) is 0 Å². The van der Waals surface area contributed by atoms with E-state index in [-0.39, 0.29) is 17.2 Å². The predicted molar refractivity (Wildman–Crippen MR) is 115 cm³/mol. The van der Waals surface area contributed by atoms with Crippen molar-refractivity contribution in [3.05, 3.63) is 42.2 Å². The first-order valence-corrected chi connectivity index (χ1v) is 11.2. The molecule has 156 valence electrons. The summed E-state index contributed by atoms with van der Waals surface area (Å²) in [6, 6.07) is 4.37. The molecule has 1 rings (SSSR count). The number of hydrogen-bond acceptors (Lipinski definition) is 5. The molecule has 2 N–H and O–H groups in total. The Labute approximate surface area is 172 Å².